The number of amidine groups is 1. The normalized spacial score (nSPS) is 18.6. The highest BCUT2D eigenvalue weighted by Gasteiger charge is 2.36. The number of oxime groups is 1. The van der Waals surface area contributed by atoms with Crippen LogP contribution >= 0.6 is 11.8 Å². The summed E-state index contributed by atoms with van der Waals surface area (Å²) in [5.74, 6) is 0.306. The van der Waals surface area contributed by atoms with Crippen LogP contribution in [0.1, 0.15) is 30.1 Å². The summed E-state index contributed by atoms with van der Waals surface area (Å²) in [5, 5.41) is 12.0. The number of carbonyl (C=O) groups is 1. The van der Waals surface area contributed by atoms with Crippen molar-refractivity contribution in [2.24, 2.45) is 16.3 Å². The summed E-state index contributed by atoms with van der Waals surface area (Å²) in [6.45, 7) is 3.21. The second kappa shape index (κ2) is 6.39. The Kier molecular flexibility index (Phi) is 4.77. The first-order chi connectivity index (χ1) is 10.0. The van der Waals surface area contributed by atoms with Gasteiger partial charge in [0.1, 0.15) is 5.84 Å². The molecular weight excluding hydrogens is 286 g/mol. The number of likely N-dealkylation sites (tertiary alicyclic amines) is 1. The van der Waals surface area contributed by atoms with Crippen LogP contribution in [-0.2, 0) is 0 Å². The molecule has 0 bridgehead atoms. The molecule has 0 atom stereocenters. The summed E-state index contributed by atoms with van der Waals surface area (Å²) in [4.78, 5) is 15.5. The van der Waals surface area contributed by atoms with Gasteiger partial charge in [-0.25, -0.2) is 0 Å². The fourth-order valence-corrected chi connectivity index (χ4v) is 3.16. The lowest BCUT2D eigenvalue weighted by Gasteiger charge is -2.38. The lowest BCUT2D eigenvalue weighted by Crippen LogP contribution is -2.47. The number of carbonyl (C=O) groups excluding carboxylic acids is 1. The van der Waals surface area contributed by atoms with Gasteiger partial charge in [-0.3, -0.25) is 4.79 Å². The maximum absolute atomic E-state index is 12.6. The molecule has 1 aromatic carbocycles. The van der Waals surface area contributed by atoms with Crippen molar-refractivity contribution < 1.29 is 10.0 Å². The monoisotopic (exact) mass is 307 g/mol. The van der Waals surface area contributed by atoms with E-state index in [0.29, 0.717) is 25.9 Å². The lowest BCUT2D eigenvalue weighted by molar-refractivity contribution is 0.0663. The van der Waals surface area contributed by atoms with E-state index in [4.69, 9.17) is 10.9 Å². The molecule has 6 heteroatoms. The molecule has 1 aliphatic rings. The van der Waals surface area contributed by atoms with Crippen molar-refractivity contribution in [2.75, 3.05) is 19.3 Å². The van der Waals surface area contributed by atoms with Crippen LogP contribution < -0.4 is 5.73 Å². The third-order valence-electron chi connectivity index (χ3n) is 4.22. The molecule has 2 rings (SSSR count). The predicted molar refractivity (Wildman–Crippen MR) is 84.9 cm³/mol. The van der Waals surface area contributed by atoms with Crippen LogP contribution in [0.3, 0.4) is 0 Å². The number of piperidine rings is 1. The minimum Gasteiger partial charge on any atom is -0.409 e. The van der Waals surface area contributed by atoms with E-state index in [1.807, 2.05) is 42.3 Å². The number of hydrogen-bond acceptors (Lipinski definition) is 4. The first kappa shape index (κ1) is 15.7. The van der Waals surface area contributed by atoms with Gasteiger partial charge in [-0.15, -0.1) is 11.8 Å². The van der Waals surface area contributed by atoms with Gasteiger partial charge in [0.05, 0.1) is 5.56 Å². The van der Waals surface area contributed by atoms with Crippen molar-refractivity contribution in [2.45, 2.75) is 24.7 Å². The zero-order valence-electron chi connectivity index (χ0n) is 12.4. The van der Waals surface area contributed by atoms with E-state index < -0.39 is 0 Å². The van der Waals surface area contributed by atoms with Gasteiger partial charge in [0.2, 0.25) is 0 Å². The zero-order chi connectivity index (χ0) is 15.5. The minimum absolute atomic E-state index is 0.0570. The molecule has 1 aliphatic heterocycles. The van der Waals surface area contributed by atoms with Crippen molar-refractivity contribution in [3.8, 4) is 0 Å². The zero-order valence-corrected chi connectivity index (χ0v) is 13.2. The van der Waals surface area contributed by atoms with E-state index in [-0.39, 0.29) is 17.2 Å². The minimum atomic E-state index is -0.329. The van der Waals surface area contributed by atoms with Crippen LogP contribution in [0.4, 0.5) is 0 Å². The quantitative estimate of drug-likeness (QED) is 0.295. The third-order valence-corrected chi connectivity index (χ3v) is 5.01. The van der Waals surface area contributed by atoms with Gasteiger partial charge < -0.3 is 15.8 Å². The van der Waals surface area contributed by atoms with Crippen molar-refractivity contribution >= 4 is 23.5 Å². The smallest absolute Gasteiger partial charge is 0.254 e. The van der Waals surface area contributed by atoms with Gasteiger partial charge in [-0.05, 0) is 31.2 Å². The third kappa shape index (κ3) is 3.15. The van der Waals surface area contributed by atoms with Gasteiger partial charge in [-0.2, -0.15) is 0 Å². The van der Waals surface area contributed by atoms with Gasteiger partial charge in [-0.1, -0.05) is 24.2 Å². The molecule has 0 aromatic heterocycles. The standard InChI is InChI=1S/C15H21N3O2S/c1-15(14(16)17-20)7-9-18(10-8-15)13(19)11-5-3-4-6-12(11)21-2/h3-6,20H,7-10H2,1-2H3,(H2,16,17). The molecule has 1 saturated heterocycles. The van der Waals surface area contributed by atoms with Gasteiger partial charge >= 0.3 is 0 Å². The molecule has 0 spiro atoms. The van der Waals surface area contributed by atoms with E-state index in [1.165, 1.54) is 0 Å². The lowest BCUT2D eigenvalue weighted by atomic mass is 9.79. The maximum atomic E-state index is 12.6. The molecule has 1 aromatic rings. The summed E-state index contributed by atoms with van der Waals surface area (Å²) in [7, 11) is 0. The Morgan fingerprint density at radius 1 is 1.38 bits per heavy atom. The number of benzene rings is 1. The average Bonchev–Trinajstić information content (AvgIpc) is 2.54. The topological polar surface area (TPSA) is 78.9 Å². The fraction of sp³-hybridized carbons (Fsp3) is 0.467. The highest BCUT2D eigenvalue weighted by molar-refractivity contribution is 7.98. The number of amides is 1. The molecule has 5 nitrogen and oxygen atoms in total. The van der Waals surface area contributed by atoms with E-state index in [9.17, 15) is 4.79 Å². The second-order valence-corrected chi connectivity index (χ2v) is 6.39. The van der Waals surface area contributed by atoms with Crippen LogP contribution in [0.5, 0.6) is 0 Å². The molecular formula is C15H21N3O2S. The number of hydrogen-bond donors (Lipinski definition) is 2. The van der Waals surface area contributed by atoms with Crippen molar-refractivity contribution in [1.82, 2.24) is 4.90 Å². The molecule has 1 heterocycles. The van der Waals surface area contributed by atoms with E-state index >= 15 is 0 Å². The highest BCUT2D eigenvalue weighted by atomic mass is 32.2. The maximum Gasteiger partial charge on any atom is 0.254 e. The first-order valence-corrected chi connectivity index (χ1v) is 8.14. The Morgan fingerprint density at radius 3 is 2.57 bits per heavy atom. The van der Waals surface area contributed by atoms with Crippen LogP contribution in [0, 0.1) is 5.41 Å². The Labute approximate surface area is 129 Å². The number of nitrogens with zero attached hydrogens (tertiary/aromatic N) is 2. The summed E-state index contributed by atoms with van der Waals surface area (Å²) in [6.07, 6.45) is 3.38. The van der Waals surface area contributed by atoms with Crippen LogP contribution in [0.15, 0.2) is 34.3 Å². The molecule has 0 aliphatic carbocycles. The summed E-state index contributed by atoms with van der Waals surface area (Å²) >= 11 is 1.58. The summed E-state index contributed by atoms with van der Waals surface area (Å²) < 4.78 is 0. The molecule has 1 amide bonds. The van der Waals surface area contributed by atoms with Gasteiger partial charge in [0.25, 0.3) is 5.91 Å². The summed E-state index contributed by atoms with van der Waals surface area (Å²) in [5.41, 5.74) is 6.17. The SMILES string of the molecule is CSc1ccccc1C(=O)N1CCC(C)(/C(N)=N/O)CC1. The van der Waals surface area contributed by atoms with E-state index in [2.05, 4.69) is 5.16 Å². The number of nitrogens with two attached hydrogens (primary N) is 1. The second-order valence-electron chi connectivity index (χ2n) is 5.54. The fourth-order valence-electron chi connectivity index (χ4n) is 2.57. The van der Waals surface area contributed by atoms with E-state index in [0.717, 1.165) is 10.5 Å². The summed E-state index contributed by atoms with van der Waals surface area (Å²) in [6, 6.07) is 7.65. The van der Waals surface area contributed by atoms with Crippen LogP contribution in [0.25, 0.3) is 0 Å². The Hall–Kier alpha value is -1.69. The van der Waals surface area contributed by atoms with Crippen LogP contribution in [0.2, 0.25) is 0 Å². The Bertz CT molecular complexity index is 552. The van der Waals surface area contributed by atoms with Crippen molar-refractivity contribution in [3.63, 3.8) is 0 Å². The number of thioether (sulfide) groups is 1. The molecule has 0 unspecified atom stereocenters. The Balaban J connectivity index is 2.10. The largest absolute Gasteiger partial charge is 0.409 e. The van der Waals surface area contributed by atoms with Gasteiger partial charge in [0.15, 0.2) is 0 Å². The highest BCUT2D eigenvalue weighted by Crippen LogP contribution is 2.32. The van der Waals surface area contributed by atoms with Crippen LogP contribution in [-0.4, -0.2) is 41.2 Å². The van der Waals surface area contributed by atoms with Crippen molar-refractivity contribution in [1.29, 1.82) is 0 Å². The predicted octanol–water partition coefficient (Wildman–Crippen LogP) is 2.40. The Morgan fingerprint density at radius 2 is 2.00 bits per heavy atom. The van der Waals surface area contributed by atoms with E-state index in [1.54, 1.807) is 11.8 Å². The molecule has 0 saturated carbocycles. The molecule has 3 N–H and O–H groups in total. The number of rotatable bonds is 3. The molecule has 21 heavy (non-hydrogen) atoms. The molecule has 1 fully saturated rings. The molecule has 114 valence electrons. The van der Waals surface area contributed by atoms with Crippen molar-refractivity contribution in [3.05, 3.63) is 29.8 Å². The average molecular weight is 307 g/mol. The van der Waals surface area contributed by atoms with Gasteiger partial charge in [0, 0.05) is 23.4 Å². The molecule has 0 radical (unpaired) electrons. The first-order valence-electron chi connectivity index (χ1n) is 6.92.